The van der Waals surface area contributed by atoms with Gasteiger partial charge in [-0.15, -0.1) is 0 Å². The van der Waals surface area contributed by atoms with Gasteiger partial charge in [0.1, 0.15) is 11.3 Å². The van der Waals surface area contributed by atoms with Gasteiger partial charge in [0.05, 0.1) is 30.1 Å². The molecular formula is C20H18FN3O6S2. The van der Waals surface area contributed by atoms with Crippen molar-refractivity contribution in [2.24, 2.45) is 0 Å². The molecule has 2 N–H and O–H groups in total. The summed E-state index contributed by atoms with van der Waals surface area (Å²) in [4.78, 5) is 4.05. The number of fused-ring (bicyclic) bond motifs is 2. The largest absolute Gasteiger partial charge is 0.505 e. The number of phenols is 1. The highest BCUT2D eigenvalue weighted by Gasteiger charge is 2.33. The lowest BCUT2D eigenvalue weighted by molar-refractivity contribution is 0.425. The normalized spacial score (nSPS) is 12.5. The summed E-state index contributed by atoms with van der Waals surface area (Å²) in [6.07, 6.45) is 4.16. The van der Waals surface area contributed by atoms with Crippen LogP contribution in [0.1, 0.15) is 5.56 Å². The van der Waals surface area contributed by atoms with Crippen LogP contribution in [-0.4, -0.2) is 49.1 Å². The van der Waals surface area contributed by atoms with Crippen LogP contribution in [0.15, 0.2) is 48.8 Å². The Bertz CT molecular complexity index is 1550. The molecule has 0 saturated heterocycles. The molecule has 2 aromatic carbocycles. The summed E-state index contributed by atoms with van der Waals surface area (Å²) >= 11 is 0. The maximum Gasteiger partial charge on any atom is 0.245 e. The Balaban J connectivity index is 2.12. The first-order valence-corrected chi connectivity index (χ1v) is 12.9. The topological polar surface area (TPSA) is 130 Å². The van der Waals surface area contributed by atoms with Gasteiger partial charge in [-0.2, -0.15) is 3.71 Å². The molecule has 0 atom stereocenters. The molecule has 0 amide bonds. The van der Waals surface area contributed by atoms with Crippen LogP contribution in [0, 0.1) is 5.82 Å². The van der Waals surface area contributed by atoms with Crippen molar-refractivity contribution >= 4 is 47.4 Å². The summed E-state index contributed by atoms with van der Waals surface area (Å²) in [5, 5.41) is 21.5. The molecule has 0 fully saturated rings. The number of nitrogens with zero attached hydrogens (tertiary/aromatic N) is 3. The number of benzene rings is 2. The first-order chi connectivity index (χ1) is 14.9. The third-order valence-corrected chi connectivity index (χ3v) is 8.07. The molecule has 12 heteroatoms. The number of sulfonamides is 2. The van der Waals surface area contributed by atoms with Crippen LogP contribution >= 0.6 is 0 Å². The van der Waals surface area contributed by atoms with Gasteiger partial charge in [-0.3, -0.25) is 4.98 Å². The zero-order chi connectivity index (χ0) is 23.4. The zero-order valence-corrected chi connectivity index (χ0v) is 18.5. The molecular weight excluding hydrogens is 461 g/mol. The molecule has 4 aromatic rings. The van der Waals surface area contributed by atoms with Crippen LogP contribution < -0.4 is 3.71 Å². The Labute approximate surface area is 183 Å². The third-order valence-electron chi connectivity index (χ3n) is 4.88. The SMILES string of the molecule is CS(=O)(=O)N(c1c2cccnc2c(O)c2c(O)n(Cc3ccc(F)cc3)cc12)S(C)(=O)=O. The van der Waals surface area contributed by atoms with Crippen molar-refractivity contribution < 1.29 is 31.4 Å². The first-order valence-electron chi connectivity index (χ1n) is 9.16. The van der Waals surface area contributed by atoms with Gasteiger partial charge in [-0.05, 0) is 29.8 Å². The van der Waals surface area contributed by atoms with Crippen molar-refractivity contribution in [3.05, 3.63) is 60.2 Å². The molecule has 2 heterocycles. The summed E-state index contributed by atoms with van der Waals surface area (Å²) in [6.45, 7) is 0.0429. The van der Waals surface area contributed by atoms with Crippen molar-refractivity contribution in [1.82, 2.24) is 9.55 Å². The van der Waals surface area contributed by atoms with E-state index < -0.39 is 37.5 Å². The zero-order valence-electron chi connectivity index (χ0n) is 16.9. The highest BCUT2D eigenvalue weighted by atomic mass is 32.3. The molecule has 0 saturated carbocycles. The molecule has 0 aliphatic carbocycles. The Morgan fingerprint density at radius 3 is 2.22 bits per heavy atom. The van der Waals surface area contributed by atoms with Gasteiger partial charge in [0.2, 0.25) is 25.9 Å². The molecule has 9 nitrogen and oxygen atoms in total. The summed E-state index contributed by atoms with van der Waals surface area (Å²) in [5.74, 6) is -1.31. The number of hydrogen-bond donors (Lipinski definition) is 2. The van der Waals surface area contributed by atoms with E-state index in [1.54, 1.807) is 0 Å². The summed E-state index contributed by atoms with van der Waals surface area (Å²) in [5.41, 5.74) is 0.259. The standard InChI is InChI=1S/C20H18FN3O6S2/c1-31(27,28)24(32(2,29)30)18-14-4-3-9-22-17(14)19(25)16-15(18)11-23(20(16)26)10-12-5-7-13(21)8-6-12/h3-9,11,25-26H,10H2,1-2H3. The number of anilines is 1. The van der Waals surface area contributed by atoms with E-state index >= 15 is 0 Å². The fourth-order valence-electron chi connectivity index (χ4n) is 3.69. The van der Waals surface area contributed by atoms with Crippen LogP contribution in [-0.2, 0) is 26.6 Å². The number of halogens is 1. The van der Waals surface area contributed by atoms with Crippen LogP contribution in [0.25, 0.3) is 21.7 Å². The van der Waals surface area contributed by atoms with E-state index in [1.165, 1.54) is 53.4 Å². The molecule has 0 unspecified atom stereocenters. The summed E-state index contributed by atoms with van der Waals surface area (Å²) in [7, 11) is -8.67. The molecule has 32 heavy (non-hydrogen) atoms. The number of aromatic hydroxyl groups is 2. The third kappa shape index (κ3) is 3.60. The van der Waals surface area contributed by atoms with Gasteiger partial charge >= 0.3 is 0 Å². The second kappa shape index (κ2) is 7.35. The van der Waals surface area contributed by atoms with Crippen LogP contribution in [0.2, 0.25) is 0 Å². The Morgan fingerprint density at radius 1 is 1.00 bits per heavy atom. The Kier molecular flexibility index (Phi) is 5.01. The van der Waals surface area contributed by atoms with Gasteiger partial charge in [0.25, 0.3) is 0 Å². The summed E-state index contributed by atoms with van der Waals surface area (Å²) in [6, 6.07) is 8.37. The molecule has 168 valence electrons. The van der Waals surface area contributed by atoms with Crippen LogP contribution in [0.4, 0.5) is 10.1 Å². The van der Waals surface area contributed by atoms with E-state index in [4.69, 9.17) is 0 Å². The molecule has 4 rings (SSSR count). The lowest BCUT2D eigenvalue weighted by Crippen LogP contribution is -2.35. The van der Waals surface area contributed by atoms with Crippen molar-refractivity contribution in [3.8, 4) is 11.6 Å². The van der Waals surface area contributed by atoms with E-state index in [-0.39, 0.29) is 37.6 Å². The maximum atomic E-state index is 13.2. The lowest BCUT2D eigenvalue weighted by atomic mass is 10.1. The molecule has 0 aliphatic rings. The minimum atomic E-state index is -4.34. The van der Waals surface area contributed by atoms with E-state index in [9.17, 15) is 31.4 Å². The quantitative estimate of drug-likeness (QED) is 0.450. The highest BCUT2D eigenvalue weighted by molar-refractivity contribution is 8.09. The average molecular weight is 480 g/mol. The fraction of sp³-hybridized carbons (Fsp3) is 0.150. The van der Waals surface area contributed by atoms with Crippen molar-refractivity contribution in [3.63, 3.8) is 0 Å². The van der Waals surface area contributed by atoms with E-state index in [1.807, 2.05) is 0 Å². The Morgan fingerprint density at radius 2 is 1.62 bits per heavy atom. The van der Waals surface area contributed by atoms with Crippen LogP contribution in [0.3, 0.4) is 0 Å². The molecule has 0 spiro atoms. The number of hydrogen-bond acceptors (Lipinski definition) is 7. The van der Waals surface area contributed by atoms with Crippen LogP contribution in [0.5, 0.6) is 11.6 Å². The number of phenolic OH excluding ortho intramolecular Hbond substituents is 1. The van der Waals surface area contributed by atoms with E-state index in [0.717, 1.165) is 12.5 Å². The highest BCUT2D eigenvalue weighted by Crippen LogP contribution is 2.47. The van der Waals surface area contributed by atoms with Gasteiger partial charge in [-0.1, -0.05) is 12.1 Å². The lowest BCUT2D eigenvalue weighted by Gasteiger charge is -2.22. The maximum absolute atomic E-state index is 13.2. The molecule has 0 aliphatic heterocycles. The Hall–Kier alpha value is -3.38. The second-order valence-corrected chi connectivity index (χ2v) is 11.2. The minimum Gasteiger partial charge on any atom is -0.505 e. The smallest absolute Gasteiger partial charge is 0.245 e. The monoisotopic (exact) mass is 479 g/mol. The molecule has 0 radical (unpaired) electrons. The van der Waals surface area contributed by atoms with Crippen molar-refractivity contribution in [2.75, 3.05) is 16.2 Å². The van der Waals surface area contributed by atoms with E-state index in [0.29, 0.717) is 5.56 Å². The average Bonchev–Trinajstić information content (AvgIpc) is 3.01. The fourth-order valence-corrected chi connectivity index (χ4v) is 6.71. The van der Waals surface area contributed by atoms with E-state index in [2.05, 4.69) is 4.98 Å². The molecule has 2 aromatic heterocycles. The van der Waals surface area contributed by atoms with Crippen molar-refractivity contribution in [1.29, 1.82) is 0 Å². The number of aromatic nitrogens is 2. The number of pyridine rings is 1. The number of rotatable bonds is 5. The molecule has 0 bridgehead atoms. The first kappa shape index (κ1) is 21.8. The van der Waals surface area contributed by atoms with Crippen molar-refractivity contribution in [2.45, 2.75) is 6.54 Å². The van der Waals surface area contributed by atoms with Gasteiger partial charge in [0.15, 0.2) is 5.75 Å². The van der Waals surface area contributed by atoms with Gasteiger partial charge < -0.3 is 14.8 Å². The minimum absolute atomic E-state index is 0.0153. The van der Waals surface area contributed by atoms with Gasteiger partial charge in [-0.25, -0.2) is 21.2 Å². The summed E-state index contributed by atoms with van der Waals surface area (Å²) < 4.78 is 64.9. The van der Waals surface area contributed by atoms with Gasteiger partial charge in [0, 0.05) is 23.2 Å². The predicted octanol–water partition coefficient (Wildman–Crippen LogP) is 2.51. The predicted molar refractivity (Wildman–Crippen MR) is 118 cm³/mol. The second-order valence-electron chi connectivity index (χ2n) is 7.32.